The molecule has 0 bridgehead atoms. The van der Waals surface area contributed by atoms with Crippen molar-refractivity contribution in [2.45, 2.75) is 51.2 Å². The van der Waals surface area contributed by atoms with Gasteiger partial charge in [0.2, 0.25) is 0 Å². The van der Waals surface area contributed by atoms with Gasteiger partial charge in [0.1, 0.15) is 0 Å². The Morgan fingerprint density at radius 2 is 2.11 bits per heavy atom. The molecule has 1 unspecified atom stereocenters. The topological polar surface area (TPSA) is 89.3 Å². The Kier molecular flexibility index (Phi) is 5.11. The molecule has 1 rings (SSSR count). The molecule has 0 aliphatic heterocycles. The third-order valence-electron chi connectivity index (χ3n) is 3.00. The zero-order valence-electron chi connectivity index (χ0n) is 11.5. The Balaban J connectivity index is 2.94. The van der Waals surface area contributed by atoms with Crippen LogP contribution in [0.4, 0.5) is 0 Å². The van der Waals surface area contributed by atoms with E-state index in [0.29, 0.717) is 12.2 Å². The Bertz CT molecular complexity index is 548. The van der Waals surface area contributed by atoms with Gasteiger partial charge in [0.25, 0.3) is 0 Å². The lowest BCUT2D eigenvalue weighted by atomic mass is 10.3. The Labute approximate surface area is 113 Å². The number of sulfone groups is 1. The van der Waals surface area contributed by atoms with Crippen LogP contribution >= 0.6 is 0 Å². The van der Waals surface area contributed by atoms with E-state index in [4.69, 9.17) is 5.11 Å². The molecular weight excluding hydrogens is 268 g/mol. The van der Waals surface area contributed by atoms with Crippen LogP contribution in [0.5, 0.6) is 0 Å². The van der Waals surface area contributed by atoms with Crippen LogP contribution in [0, 0.1) is 0 Å². The van der Waals surface area contributed by atoms with E-state index in [1.54, 1.807) is 10.7 Å². The number of nitrogens with zero attached hydrogens (tertiary/aromatic N) is 2. The first-order valence-electron chi connectivity index (χ1n) is 6.29. The van der Waals surface area contributed by atoms with E-state index in [0.717, 1.165) is 12.1 Å². The van der Waals surface area contributed by atoms with Crippen molar-refractivity contribution < 1.29 is 18.3 Å². The van der Waals surface area contributed by atoms with Gasteiger partial charge < -0.3 is 5.11 Å². The third-order valence-corrected chi connectivity index (χ3v) is 5.09. The van der Waals surface area contributed by atoms with Crippen LogP contribution in [0.2, 0.25) is 0 Å². The van der Waals surface area contributed by atoms with Crippen LogP contribution in [0.15, 0.2) is 6.07 Å². The molecule has 6 nitrogen and oxygen atoms in total. The largest absolute Gasteiger partial charge is 0.481 e. The Morgan fingerprint density at radius 3 is 2.58 bits per heavy atom. The number of hydrogen-bond acceptors (Lipinski definition) is 4. The number of rotatable bonds is 7. The fraction of sp³-hybridized carbons (Fsp3) is 0.667. The van der Waals surface area contributed by atoms with E-state index in [1.165, 1.54) is 6.92 Å². The molecule has 0 amide bonds. The molecule has 0 fully saturated rings. The Morgan fingerprint density at radius 1 is 1.47 bits per heavy atom. The van der Waals surface area contributed by atoms with Crippen LogP contribution < -0.4 is 0 Å². The first-order chi connectivity index (χ1) is 8.80. The summed E-state index contributed by atoms with van der Waals surface area (Å²) in [6, 6.07) is 1.77. The maximum absolute atomic E-state index is 12.1. The molecule has 7 heteroatoms. The average molecular weight is 288 g/mol. The molecule has 1 atom stereocenters. The summed E-state index contributed by atoms with van der Waals surface area (Å²) in [6.07, 6.45) is 0.369. The maximum atomic E-state index is 12.1. The van der Waals surface area contributed by atoms with Crippen molar-refractivity contribution in [3.63, 3.8) is 0 Å². The van der Waals surface area contributed by atoms with Crippen LogP contribution in [0.25, 0.3) is 0 Å². The quantitative estimate of drug-likeness (QED) is 0.815. The van der Waals surface area contributed by atoms with Gasteiger partial charge in [-0.15, -0.1) is 0 Å². The summed E-state index contributed by atoms with van der Waals surface area (Å²) < 4.78 is 25.9. The zero-order chi connectivity index (χ0) is 14.6. The van der Waals surface area contributed by atoms with Crippen LogP contribution in [0.3, 0.4) is 0 Å². The summed E-state index contributed by atoms with van der Waals surface area (Å²) in [5.41, 5.74) is 1.47. The lowest BCUT2D eigenvalue weighted by Gasteiger charge is -2.11. The minimum Gasteiger partial charge on any atom is -0.481 e. The summed E-state index contributed by atoms with van der Waals surface area (Å²) >= 11 is 0. The molecule has 0 saturated carbocycles. The van der Waals surface area contributed by atoms with E-state index >= 15 is 0 Å². The first-order valence-corrected chi connectivity index (χ1v) is 8.00. The molecule has 19 heavy (non-hydrogen) atoms. The van der Waals surface area contributed by atoms with Gasteiger partial charge in [0.05, 0.1) is 28.8 Å². The smallest absolute Gasteiger partial charge is 0.304 e. The third kappa shape index (κ3) is 4.05. The molecule has 0 saturated heterocycles. The summed E-state index contributed by atoms with van der Waals surface area (Å²) in [6.45, 7) is 5.87. The SMILES string of the molecule is CCc1cc(CS(=O)(=O)C(C)CC(=O)O)n(CC)n1. The highest BCUT2D eigenvalue weighted by Gasteiger charge is 2.25. The van der Waals surface area contributed by atoms with Crippen molar-refractivity contribution >= 4 is 15.8 Å². The Hall–Kier alpha value is -1.37. The van der Waals surface area contributed by atoms with Gasteiger partial charge in [-0.05, 0) is 26.3 Å². The van der Waals surface area contributed by atoms with Gasteiger partial charge in [0, 0.05) is 6.54 Å². The number of aryl methyl sites for hydroxylation is 2. The number of aromatic nitrogens is 2. The highest BCUT2D eigenvalue weighted by Crippen LogP contribution is 2.15. The molecule has 0 aromatic carbocycles. The number of carbonyl (C=O) groups is 1. The molecule has 0 aliphatic carbocycles. The molecule has 1 heterocycles. The second-order valence-corrected chi connectivity index (χ2v) is 6.93. The van der Waals surface area contributed by atoms with E-state index in [-0.39, 0.29) is 12.2 Å². The van der Waals surface area contributed by atoms with Gasteiger partial charge in [-0.3, -0.25) is 9.48 Å². The van der Waals surface area contributed by atoms with Gasteiger partial charge in [0.15, 0.2) is 9.84 Å². The van der Waals surface area contributed by atoms with E-state index < -0.39 is 21.1 Å². The lowest BCUT2D eigenvalue weighted by Crippen LogP contribution is -2.24. The predicted molar refractivity (Wildman–Crippen MR) is 71.6 cm³/mol. The average Bonchev–Trinajstić information content (AvgIpc) is 2.69. The van der Waals surface area contributed by atoms with Crippen LogP contribution in [-0.2, 0) is 33.4 Å². The summed E-state index contributed by atoms with van der Waals surface area (Å²) in [5.74, 6) is -1.27. The van der Waals surface area contributed by atoms with Crippen LogP contribution in [0.1, 0.15) is 38.6 Å². The van der Waals surface area contributed by atoms with Crippen molar-refractivity contribution in [2.75, 3.05) is 0 Å². The molecule has 1 aromatic rings. The standard InChI is InChI=1S/C12H20N2O4S/c1-4-10-7-11(14(5-2)13-10)8-19(17,18)9(3)6-12(15)16/h7,9H,4-6,8H2,1-3H3,(H,15,16). The predicted octanol–water partition coefficient (Wildman–Crippen LogP) is 1.24. The fourth-order valence-electron chi connectivity index (χ4n) is 1.80. The highest BCUT2D eigenvalue weighted by molar-refractivity contribution is 7.91. The summed E-state index contributed by atoms with van der Waals surface area (Å²) in [7, 11) is -3.48. The van der Waals surface area contributed by atoms with Gasteiger partial charge in [-0.25, -0.2) is 8.42 Å². The van der Waals surface area contributed by atoms with E-state index in [9.17, 15) is 13.2 Å². The van der Waals surface area contributed by atoms with Gasteiger partial charge >= 0.3 is 5.97 Å². The summed E-state index contributed by atoms with van der Waals surface area (Å²) in [4.78, 5) is 10.6. The monoisotopic (exact) mass is 288 g/mol. The molecule has 0 radical (unpaired) electrons. The molecular formula is C12H20N2O4S. The zero-order valence-corrected chi connectivity index (χ0v) is 12.3. The number of carboxylic acid groups (broad SMARTS) is 1. The maximum Gasteiger partial charge on any atom is 0.304 e. The minimum atomic E-state index is -3.48. The minimum absolute atomic E-state index is 0.164. The van der Waals surface area contributed by atoms with Crippen molar-refractivity contribution in [3.8, 4) is 0 Å². The van der Waals surface area contributed by atoms with E-state index in [1.807, 2.05) is 13.8 Å². The van der Waals surface area contributed by atoms with Crippen molar-refractivity contribution in [2.24, 2.45) is 0 Å². The van der Waals surface area contributed by atoms with Crippen molar-refractivity contribution in [1.29, 1.82) is 0 Å². The van der Waals surface area contributed by atoms with Crippen LogP contribution in [-0.4, -0.2) is 34.5 Å². The molecule has 108 valence electrons. The second-order valence-electron chi connectivity index (χ2n) is 4.51. The number of hydrogen-bond donors (Lipinski definition) is 1. The molecule has 1 aromatic heterocycles. The number of carboxylic acids is 1. The lowest BCUT2D eigenvalue weighted by molar-refractivity contribution is -0.136. The highest BCUT2D eigenvalue weighted by atomic mass is 32.2. The fourth-order valence-corrected chi connectivity index (χ4v) is 3.12. The molecule has 1 N–H and O–H groups in total. The molecule has 0 aliphatic rings. The van der Waals surface area contributed by atoms with Crippen molar-refractivity contribution in [1.82, 2.24) is 9.78 Å². The van der Waals surface area contributed by atoms with Gasteiger partial charge in [-0.1, -0.05) is 6.92 Å². The molecule has 0 spiro atoms. The first kappa shape index (κ1) is 15.7. The van der Waals surface area contributed by atoms with Crippen molar-refractivity contribution in [3.05, 3.63) is 17.5 Å². The number of aliphatic carboxylic acids is 1. The second kappa shape index (κ2) is 6.18. The summed E-state index contributed by atoms with van der Waals surface area (Å²) in [5, 5.41) is 12.1. The normalized spacial score (nSPS) is 13.4. The van der Waals surface area contributed by atoms with E-state index in [2.05, 4.69) is 5.10 Å². The van der Waals surface area contributed by atoms with Gasteiger partial charge in [-0.2, -0.15) is 5.10 Å².